The second-order valence-electron chi connectivity index (χ2n) is 4.05. The van der Waals surface area contributed by atoms with Crippen LogP contribution in [0.2, 0.25) is 0 Å². The van der Waals surface area contributed by atoms with Crippen molar-refractivity contribution in [2.75, 3.05) is 25.4 Å². The van der Waals surface area contributed by atoms with Gasteiger partial charge in [0.25, 0.3) is 0 Å². The molecule has 2 fully saturated rings. The predicted octanol–water partition coefficient (Wildman–Crippen LogP) is 1.54. The van der Waals surface area contributed by atoms with Crippen LogP contribution in [-0.4, -0.2) is 36.4 Å². The Morgan fingerprint density at radius 3 is 2.69 bits per heavy atom. The first-order chi connectivity index (χ1) is 6.26. The highest BCUT2D eigenvalue weighted by Gasteiger charge is 2.39. The van der Waals surface area contributed by atoms with E-state index in [9.17, 15) is 4.79 Å². The van der Waals surface area contributed by atoms with E-state index >= 15 is 0 Å². The van der Waals surface area contributed by atoms with Crippen molar-refractivity contribution in [3.63, 3.8) is 0 Å². The molecule has 0 N–H and O–H groups in total. The van der Waals surface area contributed by atoms with E-state index in [2.05, 4.69) is 12.6 Å². The molecule has 0 unspecified atom stereocenters. The van der Waals surface area contributed by atoms with E-state index in [0.29, 0.717) is 12.0 Å². The van der Waals surface area contributed by atoms with Crippen LogP contribution < -0.4 is 0 Å². The first-order valence-electron chi connectivity index (χ1n) is 4.78. The molecule has 0 aromatic rings. The van der Waals surface area contributed by atoms with Crippen molar-refractivity contribution in [2.45, 2.75) is 19.3 Å². The molecule has 4 heteroatoms. The molecule has 13 heavy (non-hydrogen) atoms. The molecule has 0 bridgehead atoms. The normalized spacial score (nSPS) is 25.6. The minimum Gasteiger partial charge on any atom is -0.448 e. The standard InChI is InChI=1S/C9H15NO2S/c11-8-10(4-5-12-8)6-9(7-13)2-1-3-9/h13H,1-7H2. The number of thiol groups is 1. The third kappa shape index (κ3) is 1.64. The lowest BCUT2D eigenvalue weighted by Crippen LogP contribution is -2.44. The highest BCUT2D eigenvalue weighted by atomic mass is 32.1. The fourth-order valence-corrected chi connectivity index (χ4v) is 2.43. The van der Waals surface area contributed by atoms with Crippen LogP contribution in [0.5, 0.6) is 0 Å². The van der Waals surface area contributed by atoms with Crippen LogP contribution in [0.25, 0.3) is 0 Å². The zero-order chi connectivity index (χ0) is 9.31. The number of amides is 1. The van der Waals surface area contributed by atoms with Crippen molar-refractivity contribution in [3.8, 4) is 0 Å². The number of rotatable bonds is 3. The molecule has 2 aliphatic rings. The molecule has 0 radical (unpaired) electrons. The Hall–Kier alpha value is -0.380. The Labute approximate surface area is 83.8 Å². The summed E-state index contributed by atoms with van der Waals surface area (Å²) in [5.41, 5.74) is 0.298. The first kappa shape index (κ1) is 9.19. The lowest BCUT2D eigenvalue weighted by Gasteiger charge is -2.42. The third-order valence-corrected chi connectivity index (χ3v) is 3.79. The number of cyclic esters (lactones) is 1. The van der Waals surface area contributed by atoms with Crippen LogP contribution >= 0.6 is 12.6 Å². The summed E-state index contributed by atoms with van der Waals surface area (Å²) < 4.78 is 4.89. The van der Waals surface area contributed by atoms with E-state index in [1.54, 1.807) is 0 Å². The quantitative estimate of drug-likeness (QED) is 0.702. The Morgan fingerprint density at radius 2 is 2.31 bits per heavy atom. The monoisotopic (exact) mass is 201 g/mol. The zero-order valence-electron chi connectivity index (χ0n) is 7.66. The van der Waals surface area contributed by atoms with E-state index in [4.69, 9.17) is 4.74 Å². The molecule has 0 atom stereocenters. The molecule has 0 spiro atoms. The molecule has 1 aliphatic carbocycles. The molecular weight excluding hydrogens is 186 g/mol. The molecule has 1 saturated heterocycles. The van der Waals surface area contributed by atoms with E-state index in [-0.39, 0.29) is 6.09 Å². The van der Waals surface area contributed by atoms with Gasteiger partial charge in [0.1, 0.15) is 6.61 Å². The molecule has 2 rings (SSSR count). The van der Waals surface area contributed by atoms with Gasteiger partial charge in [-0.15, -0.1) is 0 Å². The lowest BCUT2D eigenvalue weighted by atomic mass is 9.70. The molecule has 74 valence electrons. The first-order valence-corrected chi connectivity index (χ1v) is 5.42. The van der Waals surface area contributed by atoms with Gasteiger partial charge in [-0.1, -0.05) is 6.42 Å². The minimum atomic E-state index is -0.145. The average Bonchev–Trinajstić information content (AvgIpc) is 2.44. The van der Waals surface area contributed by atoms with Gasteiger partial charge in [-0.3, -0.25) is 0 Å². The van der Waals surface area contributed by atoms with Gasteiger partial charge in [-0.05, 0) is 24.0 Å². The van der Waals surface area contributed by atoms with Gasteiger partial charge < -0.3 is 9.64 Å². The predicted molar refractivity (Wildman–Crippen MR) is 53.1 cm³/mol. The number of ether oxygens (including phenoxy) is 1. The molecule has 1 amide bonds. The summed E-state index contributed by atoms with van der Waals surface area (Å²) in [6, 6.07) is 0. The van der Waals surface area contributed by atoms with Gasteiger partial charge in [0.15, 0.2) is 0 Å². The Bertz CT molecular complexity index is 210. The van der Waals surface area contributed by atoms with Crippen molar-refractivity contribution < 1.29 is 9.53 Å². The van der Waals surface area contributed by atoms with Crippen LogP contribution in [0.4, 0.5) is 4.79 Å². The number of hydrogen-bond acceptors (Lipinski definition) is 3. The zero-order valence-corrected chi connectivity index (χ0v) is 8.56. The lowest BCUT2D eigenvalue weighted by molar-refractivity contribution is 0.103. The van der Waals surface area contributed by atoms with Crippen LogP contribution in [0, 0.1) is 5.41 Å². The summed E-state index contributed by atoms with van der Waals surface area (Å²) in [6.07, 6.45) is 3.55. The van der Waals surface area contributed by atoms with Gasteiger partial charge >= 0.3 is 6.09 Å². The Balaban J connectivity index is 1.92. The maximum atomic E-state index is 11.2. The maximum Gasteiger partial charge on any atom is 0.409 e. The van der Waals surface area contributed by atoms with E-state index in [1.165, 1.54) is 19.3 Å². The molecular formula is C9H15NO2S. The maximum absolute atomic E-state index is 11.2. The fraction of sp³-hybridized carbons (Fsp3) is 0.889. The van der Waals surface area contributed by atoms with Crippen molar-refractivity contribution in [3.05, 3.63) is 0 Å². The van der Waals surface area contributed by atoms with Gasteiger partial charge in [-0.2, -0.15) is 12.6 Å². The number of hydrogen-bond donors (Lipinski definition) is 1. The number of carbonyl (C=O) groups is 1. The van der Waals surface area contributed by atoms with Crippen molar-refractivity contribution in [1.82, 2.24) is 4.90 Å². The van der Waals surface area contributed by atoms with Crippen LogP contribution in [0.3, 0.4) is 0 Å². The van der Waals surface area contributed by atoms with Crippen molar-refractivity contribution in [2.24, 2.45) is 5.41 Å². The number of carbonyl (C=O) groups excluding carboxylic acids is 1. The van der Waals surface area contributed by atoms with Gasteiger partial charge in [-0.25, -0.2) is 4.79 Å². The number of nitrogens with zero attached hydrogens (tertiary/aromatic N) is 1. The van der Waals surface area contributed by atoms with Crippen LogP contribution in [-0.2, 0) is 4.74 Å². The molecule has 1 saturated carbocycles. The SMILES string of the molecule is O=C1OCCN1CC1(CS)CCC1. The molecule has 0 aromatic heterocycles. The third-order valence-electron chi connectivity index (χ3n) is 3.12. The highest BCUT2D eigenvalue weighted by Crippen LogP contribution is 2.42. The second-order valence-corrected chi connectivity index (χ2v) is 4.36. The van der Waals surface area contributed by atoms with E-state index in [1.807, 2.05) is 4.90 Å². The summed E-state index contributed by atoms with van der Waals surface area (Å²) in [4.78, 5) is 13.0. The summed E-state index contributed by atoms with van der Waals surface area (Å²) in [6.45, 7) is 2.16. The molecule has 0 aromatic carbocycles. The highest BCUT2D eigenvalue weighted by molar-refractivity contribution is 7.80. The second kappa shape index (κ2) is 3.40. The summed E-state index contributed by atoms with van der Waals surface area (Å²) >= 11 is 4.36. The average molecular weight is 201 g/mol. The van der Waals surface area contributed by atoms with Gasteiger partial charge in [0, 0.05) is 6.54 Å². The minimum absolute atomic E-state index is 0.145. The van der Waals surface area contributed by atoms with Gasteiger partial charge in [0.05, 0.1) is 6.54 Å². The van der Waals surface area contributed by atoms with Crippen molar-refractivity contribution >= 4 is 18.7 Å². The molecule has 1 heterocycles. The summed E-state index contributed by atoms with van der Waals surface area (Å²) in [5, 5.41) is 0. The van der Waals surface area contributed by atoms with Crippen molar-refractivity contribution in [1.29, 1.82) is 0 Å². The largest absolute Gasteiger partial charge is 0.448 e. The molecule has 1 aliphatic heterocycles. The van der Waals surface area contributed by atoms with Gasteiger partial charge in [0.2, 0.25) is 0 Å². The topological polar surface area (TPSA) is 29.5 Å². The van der Waals surface area contributed by atoms with Crippen LogP contribution in [0.1, 0.15) is 19.3 Å². The smallest absolute Gasteiger partial charge is 0.409 e. The Morgan fingerprint density at radius 1 is 1.54 bits per heavy atom. The summed E-state index contributed by atoms with van der Waals surface area (Å²) in [5.74, 6) is 0.886. The van der Waals surface area contributed by atoms with Crippen LogP contribution in [0.15, 0.2) is 0 Å². The fourth-order valence-electron chi connectivity index (χ4n) is 2.02. The Kier molecular flexibility index (Phi) is 2.41. The molecule has 3 nitrogen and oxygen atoms in total. The summed E-state index contributed by atoms with van der Waals surface area (Å²) in [7, 11) is 0. The van der Waals surface area contributed by atoms with E-state index < -0.39 is 0 Å². The van der Waals surface area contributed by atoms with E-state index in [0.717, 1.165) is 18.8 Å².